The number of allylic oxidation sites excluding steroid dienone is 9. The van der Waals surface area contributed by atoms with Crippen LogP contribution in [-0.4, -0.2) is 73.4 Å². The van der Waals surface area contributed by atoms with E-state index in [0.717, 1.165) is 44.9 Å². The highest BCUT2D eigenvalue weighted by atomic mass is 31.2. The molecule has 0 aromatic rings. The maximum atomic E-state index is 12.9. The Morgan fingerprint density at radius 1 is 0.596 bits per heavy atom. The number of aliphatic hydroxyl groups is 1. The van der Waals surface area contributed by atoms with Crippen LogP contribution in [0.4, 0.5) is 0 Å². The van der Waals surface area contributed by atoms with Gasteiger partial charge in [0.25, 0.3) is 0 Å². The van der Waals surface area contributed by atoms with E-state index in [-0.39, 0.29) is 19.1 Å². The Labute approximate surface area is 351 Å². The van der Waals surface area contributed by atoms with Crippen LogP contribution in [0.5, 0.6) is 0 Å². The first-order valence-corrected chi connectivity index (χ1v) is 24.7. The fourth-order valence-corrected chi connectivity index (χ4v) is 6.97. The van der Waals surface area contributed by atoms with E-state index in [1.807, 2.05) is 27.2 Å². The number of likely N-dealkylation sites (N-methyl/N-ethyl adjacent to an activating group) is 1. The van der Waals surface area contributed by atoms with E-state index >= 15 is 0 Å². The van der Waals surface area contributed by atoms with Crippen molar-refractivity contribution in [2.45, 2.75) is 199 Å². The SMILES string of the molecule is CCCCC/C=C\C=C/CCCCCCCCCCCCC(=O)NC(COP(=O)(O)OCC[N+](C)(C)C)C(O)/C=C/CC/C=C/CC/C=C/CCCCCCCC. The van der Waals surface area contributed by atoms with Crippen molar-refractivity contribution in [1.29, 1.82) is 0 Å². The molecule has 1 amide bonds. The average Bonchev–Trinajstić information content (AvgIpc) is 3.16. The summed E-state index contributed by atoms with van der Waals surface area (Å²) in [7, 11) is 1.54. The monoisotopic (exact) mass is 822 g/mol. The number of carbonyl (C=O) groups excluding carboxylic acids is 1. The van der Waals surface area contributed by atoms with Gasteiger partial charge in [-0.25, -0.2) is 4.57 Å². The van der Waals surface area contributed by atoms with E-state index in [1.165, 1.54) is 122 Å². The van der Waals surface area contributed by atoms with Gasteiger partial charge in [0.1, 0.15) is 13.2 Å². The van der Waals surface area contributed by atoms with Crippen LogP contribution in [0.3, 0.4) is 0 Å². The Hall–Kier alpha value is -1.80. The molecule has 0 fully saturated rings. The summed E-state index contributed by atoms with van der Waals surface area (Å²) >= 11 is 0. The normalized spacial score (nSPS) is 14.9. The highest BCUT2D eigenvalue weighted by molar-refractivity contribution is 7.47. The number of phosphoric ester groups is 1. The molecule has 0 aliphatic rings. The lowest BCUT2D eigenvalue weighted by Gasteiger charge is -2.25. The third-order valence-electron chi connectivity index (χ3n) is 9.97. The molecular weight excluding hydrogens is 732 g/mol. The van der Waals surface area contributed by atoms with Crippen LogP contribution in [0.25, 0.3) is 0 Å². The number of unbranched alkanes of at least 4 members (excludes halogenated alkanes) is 21. The van der Waals surface area contributed by atoms with Crippen LogP contribution in [0.2, 0.25) is 0 Å². The van der Waals surface area contributed by atoms with Crippen LogP contribution in [0, 0.1) is 0 Å². The first-order chi connectivity index (χ1) is 27.5. The lowest BCUT2D eigenvalue weighted by Crippen LogP contribution is -2.45. The van der Waals surface area contributed by atoms with E-state index in [2.05, 4.69) is 67.8 Å². The van der Waals surface area contributed by atoms with Gasteiger partial charge in [0, 0.05) is 6.42 Å². The number of amides is 1. The molecule has 332 valence electrons. The molecular formula is C48H90N2O6P+. The number of nitrogens with zero attached hydrogens (tertiary/aromatic N) is 1. The van der Waals surface area contributed by atoms with Gasteiger partial charge in [-0.2, -0.15) is 0 Å². The average molecular weight is 822 g/mol. The third-order valence-corrected chi connectivity index (χ3v) is 10.9. The minimum absolute atomic E-state index is 0.0507. The molecule has 0 aliphatic carbocycles. The van der Waals surface area contributed by atoms with Crippen LogP contribution in [-0.2, 0) is 18.4 Å². The molecule has 0 saturated heterocycles. The van der Waals surface area contributed by atoms with E-state index in [4.69, 9.17) is 9.05 Å². The van der Waals surface area contributed by atoms with Crippen LogP contribution in [0.15, 0.2) is 60.8 Å². The number of nitrogens with one attached hydrogen (secondary N) is 1. The molecule has 0 spiro atoms. The van der Waals surface area contributed by atoms with Crippen molar-refractivity contribution in [2.24, 2.45) is 0 Å². The van der Waals surface area contributed by atoms with E-state index in [9.17, 15) is 19.4 Å². The fraction of sp³-hybridized carbons (Fsp3) is 0.771. The summed E-state index contributed by atoms with van der Waals surface area (Å²) in [6.45, 7) is 4.73. The molecule has 0 radical (unpaired) electrons. The summed E-state index contributed by atoms with van der Waals surface area (Å²) in [5.74, 6) is -0.198. The van der Waals surface area contributed by atoms with Crippen molar-refractivity contribution in [3.05, 3.63) is 60.8 Å². The highest BCUT2D eigenvalue weighted by Crippen LogP contribution is 2.43. The largest absolute Gasteiger partial charge is 0.472 e. The number of hydrogen-bond donors (Lipinski definition) is 3. The lowest BCUT2D eigenvalue weighted by atomic mass is 10.0. The smallest absolute Gasteiger partial charge is 0.387 e. The summed E-state index contributed by atoms with van der Waals surface area (Å²) in [4.78, 5) is 23.1. The second kappa shape index (κ2) is 39.6. The molecule has 3 unspecified atom stereocenters. The van der Waals surface area contributed by atoms with Crippen molar-refractivity contribution < 1.29 is 32.9 Å². The van der Waals surface area contributed by atoms with Crippen molar-refractivity contribution >= 4 is 13.7 Å². The molecule has 9 heteroatoms. The second-order valence-corrected chi connectivity index (χ2v) is 18.2. The first-order valence-electron chi connectivity index (χ1n) is 23.2. The second-order valence-electron chi connectivity index (χ2n) is 16.8. The standard InChI is InChI=1S/C48H89N2O6P/c1-6-8-10-12-14-16-18-20-22-24-25-26-28-30-32-34-36-38-40-42-48(52)49-46(45-56-57(53,54)55-44-43-50(3,4)5)47(51)41-39-37-35-33-31-29-27-23-21-19-17-15-13-11-9-7-2/h14,16,18,20-21,23,31,33,39,41,46-47,51H,6-13,15,17,19,22,24-30,32,34-38,40,42-45H2,1-5H3,(H-,49,52,53,54)/p+1/b16-14-,20-18-,23-21+,33-31+,41-39+. The molecule has 0 aliphatic heterocycles. The molecule has 0 saturated carbocycles. The Balaban J connectivity index is 4.47. The maximum Gasteiger partial charge on any atom is 0.472 e. The zero-order chi connectivity index (χ0) is 42.1. The fourth-order valence-electron chi connectivity index (χ4n) is 6.24. The molecule has 0 heterocycles. The van der Waals surface area contributed by atoms with Crippen molar-refractivity contribution in [2.75, 3.05) is 40.9 Å². The Bertz CT molecular complexity index is 1110. The van der Waals surface area contributed by atoms with Gasteiger partial charge in [-0.05, 0) is 70.6 Å². The number of phosphoric acid groups is 1. The first kappa shape index (κ1) is 55.2. The minimum Gasteiger partial charge on any atom is -0.387 e. The van der Waals surface area contributed by atoms with Gasteiger partial charge in [0.05, 0.1) is 39.9 Å². The topological polar surface area (TPSA) is 105 Å². The molecule has 0 aromatic carbocycles. The van der Waals surface area contributed by atoms with E-state index in [0.29, 0.717) is 17.4 Å². The zero-order valence-corrected chi connectivity index (χ0v) is 38.5. The van der Waals surface area contributed by atoms with Gasteiger partial charge >= 0.3 is 7.82 Å². The number of carbonyl (C=O) groups is 1. The van der Waals surface area contributed by atoms with Gasteiger partial charge in [-0.15, -0.1) is 0 Å². The van der Waals surface area contributed by atoms with Crippen molar-refractivity contribution in [3.63, 3.8) is 0 Å². The zero-order valence-electron chi connectivity index (χ0n) is 37.6. The summed E-state index contributed by atoms with van der Waals surface area (Å²) in [6, 6.07) is -0.872. The third kappa shape index (κ3) is 42.1. The molecule has 3 N–H and O–H groups in total. The van der Waals surface area contributed by atoms with E-state index < -0.39 is 20.0 Å². The van der Waals surface area contributed by atoms with Gasteiger partial charge in [0.2, 0.25) is 5.91 Å². The van der Waals surface area contributed by atoms with Crippen LogP contribution >= 0.6 is 7.82 Å². The lowest BCUT2D eigenvalue weighted by molar-refractivity contribution is -0.870. The summed E-state index contributed by atoms with van der Waals surface area (Å²) < 4.78 is 23.5. The Kier molecular flexibility index (Phi) is 38.4. The summed E-state index contributed by atoms with van der Waals surface area (Å²) in [5, 5.41) is 13.8. The molecule has 0 bridgehead atoms. The summed E-state index contributed by atoms with van der Waals surface area (Å²) in [5.41, 5.74) is 0. The molecule has 8 nitrogen and oxygen atoms in total. The number of aliphatic hydroxyl groups excluding tert-OH is 1. The molecule has 57 heavy (non-hydrogen) atoms. The van der Waals surface area contributed by atoms with Crippen molar-refractivity contribution in [3.8, 4) is 0 Å². The van der Waals surface area contributed by atoms with Crippen LogP contribution in [0.1, 0.15) is 187 Å². The maximum absolute atomic E-state index is 12.9. The summed E-state index contributed by atoms with van der Waals surface area (Å²) in [6.07, 6.45) is 51.4. The predicted octanol–water partition coefficient (Wildman–Crippen LogP) is 13.0. The van der Waals surface area contributed by atoms with Gasteiger partial charge in [0.15, 0.2) is 0 Å². The predicted molar refractivity (Wildman–Crippen MR) is 244 cm³/mol. The number of hydrogen-bond acceptors (Lipinski definition) is 5. The molecule has 0 aromatic heterocycles. The van der Waals surface area contributed by atoms with E-state index in [1.54, 1.807) is 6.08 Å². The number of rotatable bonds is 41. The Morgan fingerprint density at radius 2 is 1.02 bits per heavy atom. The molecule has 0 rings (SSSR count). The minimum atomic E-state index is -4.35. The van der Waals surface area contributed by atoms with Gasteiger partial charge < -0.3 is 19.8 Å². The van der Waals surface area contributed by atoms with Gasteiger partial charge in [-0.1, -0.05) is 171 Å². The quantitative estimate of drug-likeness (QED) is 0.0186. The van der Waals surface area contributed by atoms with Crippen molar-refractivity contribution in [1.82, 2.24) is 5.32 Å². The van der Waals surface area contributed by atoms with Crippen LogP contribution < -0.4 is 5.32 Å². The highest BCUT2D eigenvalue weighted by Gasteiger charge is 2.27. The molecule has 3 atom stereocenters. The Morgan fingerprint density at radius 3 is 1.54 bits per heavy atom. The van der Waals surface area contributed by atoms with Gasteiger partial charge in [-0.3, -0.25) is 13.8 Å². The number of quaternary nitrogens is 1.